The minimum atomic E-state index is 0.514. The van der Waals surface area contributed by atoms with Crippen LogP contribution >= 0.6 is 0 Å². The van der Waals surface area contributed by atoms with Crippen LogP contribution in [0.4, 0.5) is 0 Å². The summed E-state index contributed by atoms with van der Waals surface area (Å²) in [5.41, 5.74) is 0. The van der Waals surface area contributed by atoms with E-state index in [1.165, 1.54) is 0 Å². The first-order valence-electron chi connectivity index (χ1n) is 1.47. The Morgan fingerprint density at radius 3 is 1.83 bits per heavy atom. The summed E-state index contributed by atoms with van der Waals surface area (Å²) >= 11 is 0.750. The SMILES string of the molecule is CC[C-]=O.[O]=[Ti+]. The number of carbonyl (C=O) groups excluding carboxylic acids is 1. The Hall–Kier alpha value is 0.184. The van der Waals surface area contributed by atoms with Crippen LogP contribution in [0.3, 0.4) is 0 Å². The third-order valence-electron chi connectivity index (χ3n) is 0.144. The zero-order valence-electron chi connectivity index (χ0n) is 3.52. The van der Waals surface area contributed by atoms with Gasteiger partial charge in [-0.2, -0.15) is 6.42 Å². The van der Waals surface area contributed by atoms with Gasteiger partial charge in [0.15, 0.2) is 0 Å². The van der Waals surface area contributed by atoms with E-state index in [4.69, 9.17) is 8.12 Å². The maximum atomic E-state index is 9.05. The average molecular weight is 121 g/mol. The molecule has 0 spiro atoms. The fourth-order valence-electron chi connectivity index (χ4n) is 0. The van der Waals surface area contributed by atoms with Crippen LogP contribution in [0.5, 0.6) is 0 Å². The van der Waals surface area contributed by atoms with Gasteiger partial charge in [0.05, 0.1) is 0 Å². The Morgan fingerprint density at radius 1 is 1.67 bits per heavy atom. The van der Waals surface area contributed by atoms with Gasteiger partial charge in [-0.15, -0.1) is 0 Å². The molecule has 33 valence electrons. The Bertz CT molecular complexity index is 30.0. The average Bonchev–Trinajstić information content (AvgIpc) is 1.72. The van der Waals surface area contributed by atoms with Crippen molar-refractivity contribution >= 4 is 6.29 Å². The van der Waals surface area contributed by atoms with Crippen molar-refractivity contribution in [3.8, 4) is 0 Å². The van der Waals surface area contributed by atoms with Crippen molar-refractivity contribution in [1.29, 1.82) is 0 Å². The number of hydrogen-bond donors (Lipinski definition) is 0. The van der Waals surface area contributed by atoms with E-state index in [1.807, 2.05) is 0 Å². The summed E-state index contributed by atoms with van der Waals surface area (Å²) in [6, 6.07) is 0. The molecule has 0 rings (SSSR count). The summed E-state index contributed by atoms with van der Waals surface area (Å²) in [6.07, 6.45) is 2.19. The van der Waals surface area contributed by atoms with Crippen LogP contribution in [0, 0.1) is 0 Å². The predicted octanol–water partition coefficient (Wildman–Crippen LogP) is 0.385. The van der Waals surface area contributed by atoms with Gasteiger partial charge in [-0.05, 0) is 0 Å². The molecule has 0 atom stereocenters. The summed E-state index contributed by atoms with van der Waals surface area (Å²) < 4.78 is 8.25. The molecule has 6 heavy (non-hydrogen) atoms. The standard InChI is InChI=1S/C3H5O.O.Ti/c1-2-3-4;;/h2H2,1H3;;/q-1;;+1. The van der Waals surface area contributed by atoms with Crippen LogP contribution in [-0.4, -0.2) is 6.29 Å². The van der Waals surface area contributed by atoms with Crippen LogP contribution in [0.25, 0.3) is 0 Å². The molecule has 0 aromatic heterocycles. The summed E-state index contributed by atoms with van der Waals surface area (Å²) in [7, 11) is 0. The first-order valence-corrected chi connectivity index (χ1v) is 2.11. The fraction of sp³-hybridized carbons (Fsp3) is 0.667. The quantitative estimate of drug-likeness (QED) is 0.371. The van der Waals surface area contributed by atoms with E-state index < -0.39 is 0 Å². The molecule has 0 aliphatic carbocycles. The van der Waals surface area contributed by atoms with Crippen molar-refractivity contribution in [2.75, 3.05) is 0 Å². The van der Waals surface area contributed by atoms with Gasteiger partial charge in [0.1, 0.15) is 0 Å². The molecule has 0 unspecified atom stereocenters. The summed E-state index contributed by atoms with van der Waals surface area (Å²) in [5.74, 6) is 0. The van der Waals surface area contributed by atoms with Crippen LogP contribution in [0.1, 0.15) is 13.3 Å². The molecule has 2 nitrogen and oxygen atoms in total. The van der Waals surface area contributed by atoms with Crippen molar-refractivity contribution in [2.24, 2.45) is 0 Å². The molecule has 0 fully saturated rings. The van der Waals surface area contributed by atoms with E-state index in [1.54, 1.807) is 13.2 Å². The molecule has 0 aliphatic heterocycles. The number of rotatable bonds is 1. The topological polar surface area (TPSA) is 34.1 Å². The van der Waals surface area contributed by atoms with Crippen LogP contribution < -0.4 is 0 Å². The van der Waals surface area contributed by atoms with Gasteiger partial charge >= 0.3 is 23.7 Å². The fourth-order valence-corrected chi connectivity index (χ4v) is 0. The summed E-state index contributed by atoms with van der Waals surface area (Å²) in [6.45, 7) is 1.76. The normalized spacial score (nSPS) is 5.17. The molecule has 3 heteroatoms. The molecule has 0 aromatic rings. The van der Waals surface area contributed by atoms with Crippen LogP contribution in [-0.2, 0) is 28.5 Å². The molecule has 0 N–H and O–H groups in total. The predicted molar refractivity (Wildman–Crippen MR) is 16.7 cm³/mol. The van der Waals surface area contributed by atoms with Crippen LogP contribution in [0.15, 0.2) is 0 Å². The molecule has 0 amide bonds. The Kier molecular flexibility index (Phi) is 30.1. The molecule has 0 saturated heterocycles. The molecular weight excluding hydrogens is 116 g/mol. The van der Waals surface area contributed by atoms with Crippen molar-refractivity contribution in [1.82, 2.24) is 0 Å². The second-order valence-corrected chi connectivity index (χ2v) is 0.498. The van der Waals surface area contributed by atoms with E-state index in [2.05, 4.69) is 0 Å². The van der Waals surface area contributed by atoms with Gasteiger partial charge in [0, 0.05) is 0 Å². The monoisotopic (exact) mass is 121 g/mol. The zero-order valence-corrected chi connectivity index (χ0v) is 5.09. The second-order valence-electron chi connectivity index (χ2n) is 0.498. The Balaban J connectivity index is 0. The van der Waals surface area contributed by atoms with Gasteiger partial charge in [-0.1, -0.05) is 6.92 Å². The molecule has 0 aromatic carbocycles. The molecule has 0 bridgehead atoms. The van der Waals surface area contributed by atoms with Crippen molar-refractivity contribution in [3.05, 3.63) is 0 Å². The molecule has 0 saturated carbocycles. The van der Waals surface area contributed by atoms with Crippen LogP contribution in [0.2, 0.25) is 0 Å². The van der Waals surface area contributed by atoms with Crippen molar-refractivity contribution in [2.45, 2.75) is 13.3 Å². The molecular formula is C3H5O2Ti. The van der Waals surface area contributed by atoms with Crippen molar-refractivity contribution < 1.29 is 28.5 Å². The van der Waals surface area contributed by atoms with Gasteiger partial charge in [0.2, 0.25) is 0 Å². The Labute approximate surface area is 48.7 Å². The van der Waals surface area contributed by atoms with Gasteiger partial charge in [-0.25, -0.2) is 0 Å². The van der Waals surface area contributed by atoms with Gasteiger partial charge < -0.3 is 4.79 Å². The molecule has 0 radical (unpaired) electrons. The third kappa shape index (κ3) is 30.3. The van der Waals surface area contributed by atoms with E-state index in [9.17, 15) is 0 Å². The van der Waals surface area contributed by atoms with E-state index >= 15 is 0 Å². The van der Waals surface area contributed by atoms with Gasteiger partial charge in [0.25, 0.3) is 0 Å². The van der Waals surface area contributed by atoms with Crippen molar-refractivity contribution in [3.63, 3.8) is 0 Å². The summed E-state index contributed by atoms with van der Waals surface area (Å²) in [4.78, 5) is 9.05. The maximum absolute atomic E-state index is 9.05. The number of hydrogen-bond acceptors (Lipinski definition) is 2. The van der Waals surface area contributed by atoms with E-state index in [-0.39, 0.29) is 0 Å². The second kappa shape index (κ2) is 19.0. The Morgan fingerprint density at radius 2 is 1.83 bits per heavy atom. The first-order chi connectivity index (χ1) is 2.91. The first kappa shape index (κ1) is 9.49. The zero-order chi connectivity index (χ0) is 5.41. The summed E-state index contributed by atoms with van der Waals surface area (Å²) in [5, 5.41) is 0. The van der Waals surface area contributed by atoms with Gasteiger partial charge in [-0.3, -0.25) is 6.29 Å². The van der Waals surface area contributed by atoms with E-state index in [0.717, 1.165) is 20.4 Å². The third-order valence-corrected chi connectivity index (χ3v) is 0.144. The van der Waals surface area contributed by atoms with E-state index in [0.29, 0.717) is 6.42 Å². The molecule has 0 heterocycles. The molecule has 0 aliphatic rings. The minimum absolute atomic E-state index is 0.514.